The van der Waals surface area contributed by atoms with E-state index in [2.05, 4.69) is 10.2 Å². The lowest BCUT2D eigenvalue weighted by molar-refractivity contribution is -0.125. The number of hydrogen-bond acceptors (Lipinski definition) is 6. The fourth-order valence-corrected chi connectivity index (χ4v) is 6.00. The number of nitrogens with one attached hydrogen (secondary N) is 1. The molecule has 1 aromatic rings. The zero-order valence-electron chi connectivity index (χ0n) is 19.9. The summed E-state index contributed by atoms with van der Waals surface area (Å²) in [5.74, 6) is -0.420. The Labute approximate surface area is 197 Å². The Hall–Kier alpha value is -2.17. The van der Waals surface area contributed by atoms with Gasteiger partial charge < -0.3 is 15.0 Å². The Morgan fingerprint density at radius 1 is 1.18 bits per heavy atom. The molecule has 0 bridgehead atoms. The number of ether oxygens (including phenoxy) is 1. The fourth-order valence-electron chi connectivity index (χ4n) is 4.52. The summed E-state index contributed by atoms with van der Waals surface area (Å²) < 4.78 is 32.9. The summed E-state index contributed by atoms with van der Waals surface area (Å²) in [5.41, 5.74) is 1.29. The minimum atomic E-state index is -3.69. The first-order valence-corrected chi connectivity index (χ1v) is 13.4. The predicted molar refractivity (Wildman–Crippen MR) is 128 cm³/mol. The second-order valence-corrected chi connectivity index (χ2v) is 10.2. The van der Waals surface area contributed by atoms with Crippen LogP contribution in [-0.4, -0.2) is 76.5 Å². The molecule has 0 saturated carbocycles. The SMILES string of the molecule is CCOCCCNC(=O)CN1C(=O)C2CCCCN2c2ccc(S(=O)(=O)N(CC)CC)cc21. The van der Waals surface area contributed by atoms with Crippen molar-refractivity contribution in [1.82, 2.24) is 9.62 Å². The lowest BCUT2D eigenvalue weighted by atomic mass is 9.96. The molecule has 3 rings (SSSR count). The third-order valence-corrected chi connectivity index (χ3v) is 8.28. The average Bonchev–Trinajstić information content (AvgIpc) is 2.82. The van der Waals surface area contributed by atoms with Gasteiger partial charge in [0.15, 0.2) is 0 Å². The highest BCUT2D eigenvalue weighted by Gasteiger charge is 2.40. The number of hydrogen-bond donors (Lipinski definition) is 1. The van der Waals surface area contributed by atoms with Gasteiger partial charge in [-0.1, -0.05) is 13.8 Å². The topological polar surface area (TPSA) is 99.3 Å². The Bertz CT molecular complexity index is 948. The zero-order valence-corrected chi connectivity index (χ0v) is 20.7. The third-order valence-electron chi connectivity index (χ3n) is 6.24. The zero-order chi connectivity index (χ0) is 24.0. The monoisotopic (exact) mass is 480 g/mol. The smallest absolute Gasteiger partial charge is 0.250 e. The van der Waals surface area contributed by atoms with Crippen LogP contribution in [0.2, 0.25) is 0 Å². The molecule has 2 heterocycles. The number of amides is 2. The minimum absolute atomic E-state index is 0.135. The highest BCUT2D eigenvalue weighted by atomic mass is 32.2. The highest BCUT2D eigenvalue weighted by Crippen LogP contribution is 2.40. The largest absolute Gasteiger partial charge is 0.382 e. The lowest BCUT2D eigenvalue weighted by Crippen LogP contribution is -2.57. The van der Waals surface area contributed by atoms with E-state index in [0.29, 0.717) is 45.0 Å². The molecule has 1 unspecified atom stereocenters. The van der Waals surface area contributed by atoms with E-state index in [0.717, 1.165) is 31.5 Å². The van der Waals surface area contributed by atoms with Crippen LogP contribution in [0.1, 0.15) is 46.5 Å². The van der Waals surface area contributed by atoms with Crippen molar-refractivity contribution in [3.63, 3.8) is 0 Å². The molecular weight excluding hydrogens is 444 g/mol. The fraction of sp³-hybridized carbons (Fsp3) is 0.652. The van der Waals surface area contributed by atoms with Crippen LogP contribution in [0, 0.1) is 0 Å². The Morgan fingerprint density at radius 3 is 2.64 bits per heavy atom. The van der Waals surface area contributed by atoms with Gasteiger partial charge in [0.05, 0.1) is 16.3 Å². The summed E-state index contributed by atoms with van der Waals surface area (Å²) in [5, 5.41) is 2.84. The van der Waals surface area contributed by atoms with Crippen LogP contribution < -0.4 is 15.1 Å². The number of nitrogens with zero attached hydrogens (tertiary/aromatic N) is 3. The van der Waals surface area contributed by atoms with Crippen molar-refractivity contribution in [3.05, 3.63) is 18.2 Å². The maximum absolute atomic E-state index is 13.4. The molecule has 2 aliphatic heterocycles. The molecule has 1 saturated heterocycles. The molecule has 1 aromatic carbocycles. The van der Waals surface area contributed by atoms with Crippen LogP contribution >= 0.6 is 0 Å². The number of carbonyl (C=O) groups excluding carboxylic acids is 2. The van der Waals surface area contributed by atoms with Gasteiger partial charge in [0, 0.05) is 39.4 Å². The van der Waals surface area contributed by atoms with E-state index in [1.54, 1.807) is 32.0 Å². The van der Waals surface area contributed by atoms with Crippen LogP contribution in [-0.2, 0) is 24.3 Å². The molecule has 184 valence electrons. The van der Waals surface area contributed by atoms with E-state index in [1.165, 1.54) is 9.21 Å². The molecule has 1 N–H and O–H groups in total. The van der Waals surface area contributed by atoms with E-state index in [9.17, 15) is 18.0 Å². The summed E-state index contributed by atoms with van der Waals surface area (Å²) in [6, 6.07) is 4.62. The molecule has 1 fully saturated rings. The van der Waals surface area contributed by atoms with Gasteiger partial charge in [-0.3, -0.25) is 14.5 Å². The van der Waals surface area contributed by atoms with Gasteiger partial charge >= 0.3 is 0 Å². The first-order valence-electron chi connectivity index (χ1n) is 11.9. The summed E-state index contributed by atoms with van der Waals surface area (Å²) in [6.07, 6.45) is 3.34. The molecule has 1 atom stereocenters. The van der Waals surface area contributed by atoms with E-state index in [4.69, 9.17) is 4.74 Å². The van der Waals surface area contributed by atoms with Crippen molar-refractivity contribution in [1.29, 1.82) is 0 Å². The molecule has 0 aromatic heterocycles. The Kier molecular flexibility index (Phi) is 8.72. The number of benzene rings is 1. The van der Waals surface area contributed by atoms with Crippen molar-refractivity contribution in [3.8, 4) is 0 Å². The molecule has 2 amide bonds. The van der Waals surface area contributed by atoms with Gasteiger partial charge in [-0.2, -0.15) is 4.31 Å². The number of sulfonamides is 1. The summed E-state index contributed by atoms with van der Waals surface area (Å²) in [4.78, 5) is 29.7. The van der Waals surface area contributed by atoms with Crippen LogP contribution in [0.3, 0.4) is 0 Å². The summed E-state index contributed by atoms with van der Waals surface area (Å²) in [7, 11) is -3.69. The molecule has 0 spiro atoms. The molecule has 0 radical (unpaired) electrons. The second kappa shape index (κ2) is 11.3. The normalized spacial score (nSPS) is 18.3. The van der Waals surface area contributed by atoms with Crippen LogP contribution in [0.15, 0.2) is 23.1 Å². The summed E-state index contributed by atoms with van der Waals surface area (Å²) >= 11 is 0. The lowest BCUT2D eigenvalue weighted by Gasteiger charge is -2.45. The maximum Gasteiger partial charge on any atom is 0.250 e. The quantitative estimate of drug-likeness (QED) is 0.486. The third kappa shape index (κ3) is 5.50. The van der Waals surface area contributed by atoms with Gasteiger partial charge in [-0.15, -0.1) is 0 Å². The van der Waals surface area contributed by atoms with E-state index in [1.807, 2.05) is 6.92 Å². The number of carbonyl (C=O) groups is 2. The molecule has 0 aliphatic carbocycles. The number of anilines is 2. The number of rotatable bonds is 11. The minimum Gasteiger partial charge on any atom is -0.382 e. The van der Waals surface area contributed by atoms with Gasteiger partial charge in [-0.05, 0) is 50.8 Å². The van der Waals surface area contributed by atoms with Gasteiger partial charge in [-0.25, -0.2) is 8.42 Å². The van der Waals surface area contributed by atoms with Crippen molar-refractivity contribution < 1.29 is 22.7 Å². The van der Waals surface area contributed by atoms with E-state index >= 15 is 0 Å². The average molecular weight is 481 g/mol. The number of fused-ring (bicyclic) bond motifs is 3. The number of piperidine rings is 1. The van der Waals surface area contributed by atoms with E-state index < -0.39 is 10.0 Å². The Balaban J connectivity index is 1.90. The molecule has 10 heteroatoms. The van der Waals surface area contributed by atoms with E-state index in [-0.39, 0.29) is 29.3 Å². The van der Waals surface area contributed by atoms with Crippen LogP contribution in [0.4, 0.5) is 11.4 Å². The first kappa shape index (κ1) is 25.5. The van der Waals surface area contributed by atoms with Crippen molar-refractivity contribution in [2.24, 2.45) is 0 Å². The first-order chi connectivity index (χ1) is 15.8. The summed E-state index contributed by atoms with van der Waals surface area (Å²) in [6.45, 7) is 8.47. The van der Waals surface area contributed by atoms with Crippen molar-refractivity contribution >= 4 is 33.2 Å². The second-order valence-electron chi connectivity index (χ2n) is 8.27. The Morgan fingerprint density at radius 2 is 1.94 bits per heavy atom. The van der Waals surface area contributed by atoms with Gasteiger partial charge in [0.2, 0.25) is 21.8 Å². The molecular formula is C23H36N4O5S. The van der Waals surface area contributed by atoms with Crippen molar-refractivity contribution in [2.75, 3.05) is 55.7 Å². The molecule has 2 aliphatic rings. The van der Waals surface area contributed by atoms with Crippen LogP contribution in [0.5, 0.6) is 0 Å². The van der Waals surface area contributed by atoms with Crippen molar-refractivity contribution in [2.45, 2.75) is 57.4 Å². The predicted octanol–water partition coefficient (Wildman–Crippen LogP) is 1.97. The van der Waals surface area contributed by atoms with Crippen LogP contribution in [0.25, 0.3) is 0 Å². The highest BCUT2D eigenvalue weighted by molar-refractivity contribution is 7.89. The maximum atomic E-state index is 13.4. The van der Waals surface area contributed by atoms with Gasteiger partial charge in [0.1, 0.15) is 12.6 Å². The van der Waals surface area contributed by atoms with Gasteiger partial charge in [0.25, 0.3) is 0 Å². The molecule has 33 heavy (non-hydrogen) atoms. The molecule has 9 nitrogen and oxygen atoms in total. The standard InChI is InChI=1S/C23H36N4O5S/c1-4-25(5-2)33(30,31)18-11-12-19-21(16-18)27(17-22(28)24-13-9-15-32-6-3)23(29)20-10-7-8-14-26(19)20/h11-12,16,20H,4-10,13-15,17H2,1-3H3,(H,24,28).